The molecule has 22 heavy (non-hydrogen) atoms. The van der Waals surface area contributed by atoms with E-state index in [0.29, 0.717) is 11.1 Å². The summed E-state index contributed by atoms with van der Waals surface area (Å²) in [7, 11) is 0. The van der Waals surface area contributed by atoms with Crippen LogP contribution in [0.4, 0.5) is 0 Å². The molecule has 0 bridgehead atoms. The number of nitrogen functional groups attached to an aromatic ring is 1. The second-order valence-electron chi connectivity index (χ2n) is 5.47. The Morgan fingerprint density at radius 3 is 2.82 bits per heavy atom. The van der Waals surface area contributed by atoms with E-state index in [2.05, 4.69) is 15.5 Å². The van der Waals surface area contributed by atoms with Crippen molar-refractivity contribution in [3.8, 4) is 0 Å². The Bertz CT molecular complexity index is 653. The van der Waals surface area contributed by atoms with E-state index in [0.717, 1.165) is 24.2 Å². The summed E-state index contributed by atoms with van der Waals surface area (Å²) < 4.78 is 1.51. The summed E-state index contributed by atoms with van der Waals surface area (Å²) in [6.45, 7) is 1.97. The van der Waals surface area contributed by atoms with Gasteiger partial charge in [-0.2, -0.15) is 0 Å². The Morgan fingerprint density at radius 2 is 2.14 bits per heavy atom. The zero-order valence-corrected chi connectivity index (χ0v) is 13.2. The summed E-state index contributed by atoms with van der Waals surface area (Å²) in [6.07, 6.45) is 2.24. The molecule has 1 atom stereocenters. The van der Waals surface area contributed by atoms with Gasteiger partial charge in [0.2, 0.25) is 11.1 Å². The quantitative estimate of drug-likeness (QED) is 0.627. The molecule has 0 saturated heterocycles. The number of hydrogen-bond acceptors (Lipinski definition) is 5. The van der Waals surface area contributed by atoms with Crippen molar-refractivity contribution in [3.63, 3.8) is 0 Å². The van der Waals surface area contributed by atoms with Crippen molar-refractivity contribution in [3.05, 3.63) is 41.7 Å². The molecule has 7 heteroatoms. The molecule has 1 amide bonds. The summed E-state index contributed by atoms with van der Waals surface area (Å²) >= 11 is 1.31. The minimum Gasteiger partial charge on any atom is -0.349 e. The summed E-state index contributed by atoms with van der Waals surface area (Å²) in [5.41, 5.74) is 1.08. The molecule has 2 aromatic rings. The minimum atomic E-state index is -0.0441. The average molecular weight is 317 g/mol. The van der Waals surface area contributed by atoms with Gasteiger partial charge >= 0.3 is 0 Å². The lowest BCUT2D eigenvalue weighted by Crippen LogP contribution is -2.28. The Balaban J connectivity index is 1.52. The van der Waals surface area contributed by atoms with E-state index in [1.165, 1.54) is 16.4 Å². The van der Waals surface area contributed by atoms with Crippen molar-refractivity contribution in [1.82, 2.24) is 20.2 Å². The van der Waals surface area contributed by atoms with Crippen molar-refractivity contribution in [1.29, 1.82) is 0 Å². The maximum absolute atomic E-state index is 12.0. The van der Waals surface area contributed by atoms with Gasteiger partial charge in [0.1, 0.15) is 0 Å². The van der Waals surface area contributed by atoms with Crippen LogP contribution in [0.1, 0.15) is 43.1 Å². The summed E-state index contributed by atoms with van der Waals surface area (Å²) in [5, 5.41) is 11.7. The average Bonchev–Trinajstić information content (AvgIpc) is 3.30. The second-order valence-corrected chi connectivity index (χ2v) is 6.42. The molecule has 1 aromatic carbocycles. The summed E-state index contributed by atoms with van der Waals surface area (Å²) in [5.74, 6) is 7.46. The molecule has 1 aliphatic carbocycles. The first-order valence-corrected chi connectivity index (χ1v) is 8.31. The number of thioether (sulfide) groups is 1. The highest BCUT2D eigenvalue weighted by atomic mass is 32.2. The van der Waals surface area contributed by atoms with Crippen molar-refractivity contribution in [2.45, 2.75) is 36.9 Å². The minimum absolute atomic E-state index is 0.0212. The van der Waals surface area contributed by atoms with Crippen LogP contribution in [-0.2, 0) is 4.79 Å². The van der Waals surface area contributed by atoms with Gasteiger partial charge in [-0.1, -0.05) is 42.1 Å². The Kier molecular flexibility index (Phi) is 4.33. The number of aromatic nitrogens is 3. The lowest BCUT2D eigenvalue weighted by atomic mass is 10.1. The number of carbonyl (C=O) groups excluding carboxylic acids is 1. The number of benzene rings is 1. The van der Waals surface area contributed by atoms with Crippen LogP contribution in [0.25, 0.3) is 0 Å². The maximum Gasteiger partial charge on any atom is 0.230 e. The molecular weight excluding hydrogens is 298 g/mol. The molecule has 0 radical (unpaired) electrons. The molecule has 0 unspecified atom stereocenters. The predicted octanol–water partition coefficient (Wildman–Crippen LogP) is 1.84. The molecule has 3 N–H and O–H groups in total. The zero-order valence-electron chi connectivity index (χ0n) is 12.4. The molecule has 1 fully saturated rings. The normalized spacial score (nSPS) is 15.5. The lowest BCUT2D eigenvalue weighted by molar-refractivity contribution is -0.119. The first-order valence-electron chi connectivity index (χ1n) is 7.32. The van der Waals surface area contributed by atoms with Crippen molar-refractivity contribution >= 4 is 17.7 Å². The first kappa shape index (κ1) is 14.9. The van der Waals surface area contributed by atoms with Crippen LogP contribution in [0.2, 0.25) is 0 Å². The van der Waals surface area contributed by atoms with Crippen LogP contribution < -0.4 is 11.2 Å². The topological polar surface area (TPSA) is 85.8 Å². The van der Waals surface area contributed by atoms with Gasteiger partial charge in [0.25, 0.3) is 0 Å². The number of nitrogens with one attached hydrogen (secondary N) is 1. The van der Waals surface area contributed by atoms with Gasteiger partial charge in [-0.25, -0.2) is 4.68 Å². The van der Waals surface area contributed by atoms with Gasteiger partial charge in [-0.05, 0) is 25.3 Å². The molecule has 6 nitrogen and oxygen atoms in total. The fourth-order valence-corrected chi connectivity index (χ4v) is 2.92. The van der Waals surface area contributed by atoms with Gasteiger partial charge in [0.05, 0.1) is 11.8 Å². The highest BCUT2D eigenvalue weighted by Crippen LogP contribution is 2.39. The Morgan fingerprint density at radius 1 is 1.41 bits per heavy atom. The molecule has 1 saturated carbocycles. The smallest absolute Gasteiger partial charge is 0.230 e. The molecule has 1 aliphatic rings. The summed E-state index contributed by atoms with van der Waals surface area (Å²) in [6, 6.07) is 9.85. The fraction of sp³-hybridized carbons (Fsp3) is 0.400. The first-order chi connectivity index (χ1) is 10.6. The van der Waals surface area contributed by atoms with Crippen molar-refractivity contribution < 1.29 is 4.79 Å². The van der Waals surface area contributed by atoms with Crippen LogP contribution in [-0.4, -0.2) is 26.5 Å². The molecule has 1 heterocycles. The second kappa shape index (κ2) is 6.39. The molecular formula is C15H19N5OS. The largest absolute Gasteiger partial charge is 0.349 e. The van der Waals surface area contributed by atoms with Crippen LogP contribution in [0.3, 0.4) is 0 Å². The Hall–Kier alpha value is -2.02. The summed E-state index contributed by atoms with van der Waals surface area (Å²) in [4.78, 5) is 12.0. The van der Waals surface area contributed by atoms with Gasteiger partial charge < -0.3 is 11.2 Å². The van der Waals surface area contributed by atoms with Gasteiger partial charge in [0, 0.05) is 5.92 Å². The highest BCUT2D eigenvalue weighted by molar-refractivity contribution is 7.99. The zero-order chi connectivity index (χ0) is 15.5. The van der Waals surface area contributed by atoms with E-state index in [4.69, 9.17) is 5.84 Å². The van der Waals surface area contributed by atoms with Gasteiger partial charge in [-0.3, -0.25) is 4.79 Å². The fourth-order valence-electron chi connectivity index (χ4n) is 2.24. The van der Waals surface area contributed by atoms with E-state index < -0.39 is 0 Å². The van der Waals surface area contributed by atoms with E-state index >= 15 is 0 Å². The number of nitrogens with two attached hydrogens (primary N) is 1. The van der Waals surface area contributed by atoms with Crippen molar-refractivity contribution in [2.24, 2.45) is 0 Å². The maximum atomic E-state index is 12.0. The molecule has 1 aromatic heterocycles. The van der Waals surface area contributed by atoms with E-state index in [9.17, 15) is 4.79 Å². The van der Waals surface area contributed by atoms with E-state index in [1.54, 1.807) is 0 Å². The van der Waals surface area contributed by atoms with Gasteiger partial charge in [-0.15, -0.1) is 10.2 Å². The third kappa shape index (κ3) is 3.41. The molecule has 116 valence electrons. The third-order valence-corrected chi connectivity index (χ3v) is 4.59. The molecule has 0 spiro atoms. The predicted molar refractivity (Wildman–Crippen MR) is 85.9 cm³/mol. The standard InChI is InChI=1S/C15H19N5OS/c1-10(11-5-3-2-4-6-11)17-13(21)9-22-15-19-18-14(20(15)16)12-7-8-12/h2-6,10,12H,7-9,16H2,1H3,(H,17,21)/t10-/m0/s1. The van der Waals surface area contributed by atoms with Crippen molar-refractivity contribution in [2.75, 3.05) is 11.6 Å². The monoisotopic (exact) mass is 317 g/mol. The molecule has 0 aliphatic heterocycles. The highest BCUT2D eigenvalue weighted by Gasteiger charge is 2.30. The van der Waals surface area contributed by atoms with Crippen LogP contribution in [0, 0.1) is 0 Å². The van der Waals surface area contributed by atoms with Gasteiger partial charge in [0.15, 0.2) is 5.82 Å². The third-order valence-electron chi connectivity index (χ3n) is 3.64. The van der Waals surface area contributed by atoms with E-state index in [-0.39, 0.29) is 17.7 Å². The van der Waals surface area contributed by atoms with E-state index in [1.807, 2.05) is 37.3 Å². The number of rotatable bonds is 6. The molecule has 3 rings (SSSR count). The number of carbonyl (C=O) groups is 1. The number of nitrogens with zero attached hydrogens (tertiary/aromatic N) is 3. The SMILES string of the molecule is C[C@H](NC(=O)CSc1nnc(C2CC2)n1N)c1ccccc1. The number of hydrogen-bond donors (Lipinski definition) is 2. The number of amides is 1. The Labute approximate surface area is 133 Å². The lowest BCUT2D eigenvalue weighted by Gasteiger charge is -2.13. The van der Waals surface area contributed by atoms with Crippen LogP contribution in [0.15, 0.2) is 35.5 Å². The van der Waals surface area contributed by atoms with Crippen LogP contribution in [0.5, 0.6) is 0 Å². The van der Waals surface area contributed by atoms with Crippen LogP contribution >= 0.6 is 11.8 Å².